The highest BCUT2D eigenvalue weighted by molar-refractivity contribution is 7.95. The number of hydrogen-bond donors (Lipinski definition) is 2. The van der Waals surface area contributed by atoms with E-state index in [0.717, 1.165) is 28.9 Å². The predicted octanol–water partition coefficient (Wildman–Crippen LogP) is 2.84. The maximum Gasteiger partial charge on any atom is 0.263 e. The SMILES string of the molecule is CNC(=O)c1sc(=NC2CCN(C(O)CCS(=O)(=O)C3=CC4=CC=C(C)C(C)C4C=C3)CC2)n(C)c1C. The van der Waals surface area contributed by atoms with Gasteiger partial charge in [0.1, 0.15) is 11.1 Å². The molecule has 3 unspecified atom stereocenters. The number of carbonyl (C=O) groups is 1. The molecule has 0 bridgehead atoms. The summed E-state index contributed by atoms with van der Waals surface area (Å²) in [5, 5.41) is 13.4. The average Bonchev–Trinajstić information content (AvgIpc) is 3.17. The van der Waals surface area contributed by atoms with E-state index in [9.17, 15) is 18.3 Å². The maximum absolute atomic E-state index is 13.0. The molecule has 0 radical (unpaired) electrons. The number of allylic oxidation sites excluding steroid dienone is 7. The molecule has 2 aliphatic carbocycles. The van der Waals surface area contributed by atoms with Crippen LogP contribution in [-0.4, -0.2) is 67.1 Å². The zero-order valence-corrected chi connectivity index (χ0v) is 23.9. The number of amides is 1. The summed E-state index contributed by atoms with van der Waals surface area (Å²) in [7, 11) is 0.0418. The van der Waals surface area contributed by atoms with Crippen LogP contribution in [0.15, 0.2) is 51.4 Å². The normalized spacial score (nSPS) is 24.3. The molecule has 10 heteroatoms. The second-order valence-electron chi connectivity index (χ2n) is 10.2. The summed E-state index contributed by atoms with van der Waals surface area (Å²) < 4.78 is 28.0. The summed E-state index contributed by atoms with van der Waals surface area (Å²) in [5.74, 6) is 0.377. The van der Waals surface area contributed by atoms with Crippen molar-refractivity contribution in [3.63, 3.8) is 0 Å². The lowest BCUT2D eigenvalue weighted by Crippen LogP contribution is -2.43. The minimum absolute atomic E-state index is 0.0937. The second kappa shape index (κ2) is 11.2. The summed E-state index contributed by atoms with van der Waals surface area (Å²) in [5.41, 5.74) is 3.21. The fraction of sp³-hybridized carbons (Fsp3) is 0.556. The molecule has 202 valence electrons. The number of thiazole rings is 1. The summed E-state index contributed by atoms with van der Waals surface area (Å²) in [4.78, 5) is 20.7. The number of sulfone groups is 1. The van der Waals surface area contributed by atoms with Crippen LogP contribution in [0, 0.1) is 18.8 Å². The third-order valence-corrected chi connectivity index (χ3v) is 10.9. The van der Waals surface area contributed by atoms with Gasteiger partial charge in [-0.15, -0.1) is 0 Å². The quantitative estimate of drug-likeness (QED) is 0.547. The van der Waals surface area contributed by atoms with Crippen LogP contribution in [0.5, 0.6) is 0 Å². The van der Waals surface area contributed by atoms with Gasteiger partial charge in [0, 0.05) is 45.2 Å². The Labute approximate surface area is 223 Å². The molecule has 1 aromatic rings. The Morgan fingerprint density at radius 1 is 1.27 bits per heavy atom. The Balaban J connectivity index is 1.33. The van der Waals surface area contributed by atoms with Gasteiger partial charge < -0.3 is 15.0 Å². The van der Waals surface area contributed by atoms with E-state index in [0.29, 0.717) is 28.8 Å². The number of likely N-dealkylation sites (tertiary alicyclic amines) is 1. The molecule has 2 N–H and O–H groups in total. The molecular weight excluding hydrogens is 508 g/mol. The average molecular weight is 547 g/mol. The lowest BCUT2D eigenvalue weighted by atomic mass is 9.77. The second-order valence-corrected chi connectivity index (χ2v) is 13.3. The zero-order chi connectivity index (χ0) is 26.9. The van der Waals surface area contributed by atoms with Gasteiger partial charge >= 0.3 is 0 Å². The Bertz CT molecular complexity index is 1340. The van der Waals surface area contributed by atoms with Gasteiger partial charge in [-0.2, -0.15) is 0 Å². The van der Waals surface area contributed by atoms with E-state index >= 15 is 0 Å². The summed E-state index contributed by atoms with van der Waals surface area (Å²) in [6, 6.07) is 0.100. The molecule has 2 heterocycles. The number of carbonyl (C=O) groups excluding carboxylic acids is 1. The molecule has 0 saturated carbocycles. The minimum Gasteiger partial charge on any atom is -0.378 e. The zero-order valence-electron chi connectivity index (χ0n) is 22.3. The first-order valence-electron chi connectivity index (χ1n) is 12.9. The van der Waals surface area contributed by atoms with Crippen molar-refractivity contribution in [3.8, 4) is 0 Å². The lowest BCUT2D eigenvalue weighted by molar-refractivity contribution is -0.0121. The molecular formula is C27H38N4O4S2. The third-order valence-electron chi connectivity index (χ3n) is 7.92. The van der Waals surface area contributed by atoms with E-state index in [4.69, 9.17) is 4.99 Å². The molecule has 1 aliphatic heterocycles. The van der Waals surface area contributed by atoms with Crippen molar-refractivity contribution in [2.45, 2.75) is 52.3 Å². The molecule has 1 fully saturated rings. The van der Waals surface area contributed by atoms with Crippen molar-refractivity contribution in [2.24, 2.45) is 23.9 Å². The fourth-order valence-corrected chi connectivity index (χ4v) is 7.58. The molecule has 0 aromatic carbocycles. The van der Waals surface area contributed by atoms with Crippen molar-refractivity contribution in [1.29, 1.82) is 0 Å². The fourth-order valence-electron chi connectivity index (χ4n) is 5.09. The van der Waals surface area contributed by atoms with Crippen molar-refractivity contribution in [1.82, 2.24) is 14.8 Å². The summed E-state index contributed by atoms with van der Waals surface area (Å²) in [6.45, 7) is 7.47. The van der Waals surface area contributed by atoms with Gasteiger partial charge in [-0.1, -0.05) is 42.1 Å². The highest BCUT2D eigenvalue weighted by Crippen LogP contribution is 2.37. The summed E-state index contributed by atoms with van der Waals surface area (Å²) in [6.07, 6.45) is 10.5. The number of fused-ring (bicyclic) bond motifs is 1. The van der Waals surface area contributed by atoms with Gasteiger partial charge in [0.15, 0.2) is 14.6 Å². The smallest absolute Gasteiger partial charge is 0.263 e. The number of nitrogens with one attached hydrogen (secondary N) is 1. The molecule has 3 aliphatic rings. The van der Waals surface area contributed by atoms with E-state index in [2.05, 4.69) is 25.2 Å². The van der Waals surface area contributed by atoms with Gasteiger partial charge in [0.25, 0.3) is 5.91 Å². The largest absolute Gasteiger partial charge is 0.378 e. The molecule has 4 rings (SSSR count). The lowest BCUT2D eigenvalue weighted by Gasteiger charge is -2.33. The monoisotopic (exact) mass is 546 g/mol. The molecule has 37 heavy (non-hydrogen) atoms. The van der Waals surface area contributed by atoms with E-state index in [1.165, 1.54) is 16.9 Å². The predicted molar refractivity (Wildman–Crippen MR) is 148 cm³/mol. The standard InChI is InChI=1S/C27H38N4O4S2/c1-17-6-7-20-16-22(8-9-23(20)18(17)2)37(34,35)15-12-24(32)31-13-10-21(11-14-31)29-27-30(5)19(3)25(36-27)26(33)28-4/h6-9,16,18,21,23-24,32H,10-15H2,1-5H3,(H,28,33). The van der Waals surface area contributed by atoms with E-state index in [1.54, 1.807) is 19.2 Å². The maximum atomic E-state index is 13.0. The van der Waals surface area contributed by atoms with Crippen LogP contribution < -0.4 is 10.1 Å². The van der Waals surface area contributed by atoms with E-state index in [1.807, 2.05) is 35.6 Å². The summed E-state index contributed by atoms with van der Waals surface area (Å²) >= 11 is 1.39. The van der Waals surface area contributed by atoms with Gasteiger partial charge in [0.05, 0.1) is 16.7 Å². The number of rotatable bonds is 7. The van der Waals surface area contributed by atoms with Crippen LogP contribution >= 0.6 is 11.3 Å². The van der Waals surface area contributed by atoms with Crippen LogP contribution in [0.1, 0.15) is 48.5 Å². The van der Waals surface area contributed by atoms with Crippen LogP contribution in [0.25, 0.3) is 0 Å². The van der Waals surface area contributed by atoms with Crippen molar-refractivity contribution >= 4 is 27.1 Å². The Kier molecular flexibility index (Phi) is 8.42. The molecule has 3 atom stereocenters. The van der Waals surface area contributed by atoms with Crippen LogP contribution in [0.3, 0.4) is 0 Å². The number of hydrogen-bond acceptors (Lipinski definition) is 7. The molecule has 1 saturated heterocycles. The minimum atomic E-state index is -3.49. The molecule has 8 nitrogen and oxygen atoms in total. The number of aliphatic hydroxyl groups excluding tert-OH is 1. The Hall–Kier alpha value is -2.27. The van der Waals surface area contributed by atoms with Gasteiger partial charge in [-0.05, 0) is 50.3 Å². The molecule has 1 amide bonds. The Morgan fingerprint density at radius 3 is 2.65 bits per heavy atom. The van der Waals surface area contributed by atoms with Gasteiger partial charge in [-0.25, -0.2) is 8.42 Å². The van der Waals surface area contributed by atoms with Gasteiger partial charge in [0.2, 0.25) is 0 Å². The first-order valence-corrected chi connectivity index (χ1v) is 15.3. The first-order chi connectivity index (χ1) is 17.5. The first kappa shape index (κ1) is 27.8. The van der Waals surface area contributed by atoms with Crippen LogP contribution in [0.2, 0.25) is 0 Å². The number of aliphatic hydroxyl groups is 1. The van der Waals surface area contributed by atoms with Crippen molar-refractivity contribution in [3.05, 3.63) is 61.8 Å². The van der Waals surface area contributed by atoms with Crippen LogP contribution in [0.4, 0.5) is 0 Å². The van der Waals surface area contributed by atoms with Crippen LogP contribution in [-0.2, 0) is 16.9 Å². The highest BCUT2D eigenvalue weighted by Gasteiger charge is 2.29. The topological polar surface area (TPSA) is 104 Å². The number of nitrogens with zero attached hydrogens (tertiary/aromatic N) is 3. The number of piperidine rings is 1. The van der Waals surface area contributed by atoms with Gasteiger partial charge in [-0.3, -0.25) is 14.7 Å². The van der Waals surface area contributed by atoms with E-state index < -0.39 is 16.1 Å². The number of aromatic nitrogens is 1. The Morgan fingerprint density at radius 2 is 1.97 bits per heavy atom. The van der Waals surface area contributed by atoms with Crippen molar-refractivity contribution in [2.75, 3.05) is 25.9 Å². The van der Waals surface area contributed by atoms with E-state index in [-0.39, 0.29) is 30.0 Å². The third kappa shape index (κ3) is 5.92. The molecule has 1 aromatic heterocycles. The van der Waals surface area contributed by atoms with Crippen molar-refractivity contribution < 1.29 is 18.3 Å². The highest BCUT2D eigenvalue weighted by atomic mass is 32.2. The molecule has 0 spiro atoms.